The molecule has 26 heavy (non-hydrogen) atoms. The molecular weight excluding hydrogens is 330 g/mol. The highest BCUT2D eigenvalue weighted by Crippen LogP contribution is 2.24. The molecule has 2 aromatic rings. The van der Waals surface area contributed by atoms with E-state index in [0.29, 0.717) is 30.6 Å². The maximum absolute atomic E-state index is 13.1. The van der Waals surface area contributed by atoms with Gasteiger partial charge in [-0.1, -0.05) is 32.0 Å². The predicted octanol–water partition coefficient (Wildman–Crippen LogP) is 2.67. The number of piperidine rings is 1. The monoisotopic (exact) mass is 355 g/mol. The number of carbonyl (C=O) groups excluding carboxylic acids is 1. The number of hydrogen-bond donors (Lipinski definition) is 0. The lowest BCUT2D eigenvalue weighted by atomic mass is 9.92. The van der Waals surface area contributed by atoms with Gasteiger partial charge >= 0.3 is 0 Å². The molecule has 1 amide bonds. The number of nitrogens with zero attached hydrogens (tertiary/aromatic N) is 3. The first-order valence-electron chi connectivity index (χ1n) is 8.94. The highest BCUT2D eigenvalue weighted by molar-refractivity contribution is 5.94. The molecule has 1 fully saturated rings. The molecule has 0 bridgehead atoms. The van der Waals surface area contributed by atoms with Crippen molar-refractivity contribution in [2.45, 2.75) is 27.2 Å². The van der Waals surface area contributed by atoms with Crippen LogP contribution in [0.4, 0.5) is 0 Å². The summed E-state index contributed by atoms with van der Waals surface area (Å²) < 4.78 is 6.57. The third-order valence-corrected chi connectivity index (χ3v) is 4.82. The highest BCUT2D eigenvalue weighted by Gasteiger charge is 2.29. The Hall–Kier alpha value is -2.63. The van der Waals surface area contributed by atoms with Crippen molar-refractivity contribution in [3.8, 4) is 11.4 Å². The number of likely N-dealkylation sites (tertiary alicyclic amines) is 1. The zero-order chi connectivity index (χ0) is 18.8. The van der Waals surface area contributed by atoms with Gasteiger partial charge in [-0.25, -0.2) is 0 Å². The maximum Gasteiger partial charge on any atom is 0.278 e. The maximum atomic E-state index is 13.1. The second kappa shape index (κ2) is 7.32. The molecule has 1 aliphatic heterocycles. The summed E-state index contributed by atoms with van der Waals surface area (Å²) in [6.45, 7) is 7.59. The zero-order valence-electron chi connectivity index (χ0n) is 15.7. The largest absolute Gasteiger partial charge is 0.494 e. The Morgan fingerprint density at radius 3 is 2.46 bits per heavy atom. The van der Waals surface area contributed by atoms with Crippen molar-refractivity contribution in [1.82, 2.24) is 14.7 Å². The van der Waals surface area contributed by atoms with Crippen LogP contribution in [0.25, 0.3) is 5.69 Å². The molecule has 1 saturated heterocycles. The van der Waals surface area contributed by atoms with E-state index in [1.54, 1.807) is 0 Å². The number of aryl methyl sites for hydroxylation is 1. The summed E-state index contributed by atoms with van der Waals surface area (Å²) in [7, 11) is 1.45. The van der Waals surface area contributed by atoms with Gasteiger partial charge in [-0.3, -0.25) is 9.59 Å². The number of carbonyl (C=O) groups is 1. The third-order valence-electron chi connectivity index (χ3n) is 4.82. The summed E-state index contributed by atoms with van der Waals surface area (Å²) in [5.41, 5.74) is 1.42. The topological polar surface area (TPSA) is 64.4 Å². The average molecular weight is 355 g/mol. The van der Waals surface area contributed by atoms with E-state index in [2.05, 4.69) is 18.9 Å². The minimum absolute atomic E-state index is 0.177. The molecule has 0 aliphatic carbocycles. The van der Waals surface area contributed by atoms with Crippen molar-refractivity contribution in [1.29, 1.82) is 0 Å². The molecule has 0 N–H and O–H groups in total. The fraction of sp³-hybridized carbons (Fsp3) is 0.450. The Morgan fingerprint density at radius 1 is 1.19 bits per heavy atom. The second-order valence-electron chi connectivity index (χ2n) is 7.25. The molecule has 6 nitrogen and oxygen atoms in total. The molecule has 138 valence electrons. The van der Waals surface area contributed by atoms with Gasteiger partial charge in [-0.15, -0.1) is 0 Å². The van der Waals surface area contributed by atoms with Crippen LogP contribution >= 0.6 is 0 Å². The molecule has 6 heteroatoms. The number of hydrogen-bond acceptors (Lipinski definition) is 4. The van der Waals surface area contributed by atoms with Crippen molar-refractivity contribution >= 4 is 5.91 Å². The lowest BCUT2D eigenvalue weighted by Crippen LogP contribution is -2.43. The van der Waals surface area contributed by atoms with E-state index in [1.807, 2.05) is 36.1 Å². The Kier molecular flexibility index (Phi) is 5.11. The second-order valence-corrected chi connectivity index (χ2v) is 7.25. The van der Waals surface area contributed by atoms with Crippen LogP contribution in [-0.2, 0) is 0 Å². The van der Waals surface area contributed by atoms with Gasteiger partial charge in [0.2, 0.25) is 0 Å². The molecule has 1 aliphatic rings. The summed E-state index contributed by atoms with van der Waals surface area (Å²) in [5.74, 6) is 0.908. The first-order chi connectivity index (χ1) is 12.4. The number of methoxy groups -OCH3 is 1. The van der Waals surface area contributed by atoms with E-state index in [0.717, 1.165) is 12.0 Å². The Bertz CT molecular complexity index is 865. The standard InChI is InChI=1S/C20H25N3O3/c1-13-9-14(2)12-22(11-13)20(25)19-17(26-4)10-18(24)23(21-19)16-8-6-5-7-15(16)3/h5-8,10,13-14H,9,11-12H2,1-4H3/t13-,14-/m1/s1. The van der Waals surface area contributed by atoms with Crippen LogP contribution in [0.1, 0.15) is 36.3 Å². The zero-order valence-corrected chi connectivity index (χ0v) is 15.7. The number of ether oxygens (including phenoxy) is 1. The SMILES string of the molecule is COc1cc(=O)n(-c2ccccc2C)nc1C(=O)N1C[C@H](C)C[C@@H](C)C1. The van der Waals surface area contributed by atoms with Gasteiger partial charge in [0.05, 0.1) is 18.9 Å². The smallest absolute Gasteiger partial charge is 0.278 e. The number of aromatic nitrogens is 2. The number of para-hydroxylation sites is 1. The summed E-state index contributed by atoms with van der Waals surface area (Å²) in [6, 6.07) is 8.80. The van der Waals surface area contributed by atoms with Crippen LogP contribution in [0.3, 0.4) is 0 Å². The lowest BCUT2D eigenvalue weighted by Gasteiger charge is -2.34. The van der Waals surface area contributed by atoms with Gasteiger partial charge in [0.25, 0.3) is 11.5 Å². The molecule has 1 aromatic heterocycles. The summed E-state index contributed by atoms with van der Waals surface area (Å²) in [6.07, 6.45) is 1.11. The molecule has 2 heterocycles. The summed E-state index contributed by atoms with van der Waals surface area (Å²) in [5, 5.41) is 4.39. The minimum Gasteiger partial charge on any atom is -0.494 e. The molecule has 0 spiro atoms. The van der Waals surface area contributed by atoms with E-state index in [1.165, 1.54) is 17.9 Å². The van der Waals surface area contributed by atoms with Gasteiger partial charge in [0.15, 0.2) is 11.4 Å². The normalized spacial score (nSPS) is 20.1. The van der Waals surface area contributed by atoms with Crippen LogP contribution in [0.2, 0.25) is 0 Å². The molecule has 0 radical (unpaired) electrons. The van der Waals surface area contributed by atoms with Crippen LogP contribution in [-0.4, -0.2) is 40.8 Å². The van der Waals surface area contributed by atoms with Gasteiger partial charge in [0.1, 0.15) is 0 Å². The van der Waals surface area contributed by atoms with Gasteiger partial charge in [-0.05, 0) is 36.8 Å². The van der Waals surface area contributed by atoms with E-state index in [-0.39, 0.29) is 22.9 Å². The van der Waals surface area contributed by atoms with E-state index < -0.39 is 0 Å². The number of benzene rings is 1. The van der Waals surface area contributed by atoms with E-state index >= 15 is 0 Å². The van der Waals surface area contributed by atoms with Crippen molar-refractivity contribution in [2.75, 3.05) is 20.2 Å². The molecule has 1 aromatic carbocycles. The number of rotatable bonds is 3. The van der Waals surface area contributed by atoms with Crippen LogP contribution in [0.5, 0.6) is 5.75 Å². The Balaban J connectivity index is 2.06. The molecule has 0 saturated carbocycles. The van der Waals surface area contributed by atoms with E-state index in [4.69, 9.17) is 4.74 Å². The fourth-order valence-electron chi connectivity index (χ4n) is 3.70. The van der Waals surface area contributed by atoms with Crippen molar-refractivity contribution in [3.05, 3.63) is 51.9 Å². The van der Waals surface area contributed by atoms with E-state index in [9.17, 15) is 9.59 Å². The van der Waals surface area contributed by atoms with Gasteiger partial charge in [-0.2, -0.15) is 9.78 Å². The molecule has 3 rings (SSSR count). The van der Waals surface area contributed by atoms with Crippen LogP contribution in [0, 0.1) is 18.8 Å². The molecule has 0 unspecified atom stereocenters. The lowest BCUT2D eigenvalue weighted by molar-refractivity contribution is 0.0611. The Labute approximate surface area is 153 Å². The first kappa shape index (κ1) is 18.2. The highest BCUT2D eigenvalue weighted by atomic mass is 16.5. The molecular formula is C20H25N3O3. The van der Waals surface area contributed by atoms with Crippen LogP contribution < -0.4 is 10.3 Å². The predicted molar refractivity (Wildman–Crippen MR) is 100.0 cm³/mol. The third kappa shape index (κ3) is 3.49. The quantitative estimate of drug-likeness (QED) is 0.849. The summed E-state index contributed by atoms with van der Waals surface area (Å²) in [4.78, 5) is 27.4. The number of amides is 1. The van der Waals surface area contributed by atoms with Crippen LogP contribution in [0.15, 0.2) is 35.1 Å². The minimum atomic E-state index is -0.326. The van der Waals surface area contributed by atoms with Crippen molar-refractivity contribution in [3.63, 3.8) is 0 Å². The van der Waals surface area contributed by atoms with Crippen molar-refractivity contribution in [2.24, 2.45) is 11.8 Å². The average Bonchev–Trinajstić information content (AvgIpc) is 2.60. The summed E-state index contributed by atoms with van der Waals surface area (Å²) >= 11 is 0. The van der Waals surface area contributed by atoms with Gasteiger partial charge in [0, 0.05) is 13.1 Å². The first-order valence-corrected chi connectivity index (χ1v) is 8.94. The van der Waals surface area contributed by atoms with Gasteiger partial charge < -0.3 is 9.64 Å². The Morgan fingerprint density at radius 2 is 1.85 bits per heavy atom. The molecule has 2 atom stereocenters. The fourth-order valence-corrected chi connectivity index (χ4v) is 3.70. The van der Waals surface area contributed by atoms with Crippen molar-refractivity contribution < 1.29 is 9.53 Å².